The molecule has 0 amide bonds. The molecule has 0 spiro atoms. The maximum absolute atomic E-state index is 14.8. The molecule has 3 heterocycles. The smallest absolute Gasteiger partial charge is 0.138 e. The Hall–Kier alpha value is -2.99. The molecular weight excluding hydrogens is 367 g/mol. The first-order valence-electron chi connectivity index (χ1n) is 9.85. The average molecular weight is 392 g/mol. The summed E-state index contributed by atoms with van der Waals surface area (Å²) in [5.74, 6) is 1.66. The average Bonchev–Trinajstić information content (AvgIpc) is 2.80. The number of hydrogen-bond donors (Lipinski definition) is 0. The van der Waals surface area contributed by atoms with Gasteiger partial charge in [0.1, 0.15) is 17.7 Å². The van der Waals surface area contributed by atoms with Crippen molar-refractivity contribution in [2.75, 3.05) is 44.7 Å². The third kappa shape index (κ3) is 4.54. The van der Waals surface area contributed by atoms with Crippen LogP contribution >= 0.6 is 0 Å². The number of halogens is 1. The Morgan fingerprint density at radius 3 is 2.55 bits per heavy atom. The van der Waals surface area contributed by atoms with E-state index in [1.54, 1.807) is 25.6 Å². The molecule has 0 aliphatic carbocycles. The zero-order chi connectivity index (χ0) is 20.1. The Bertz CT molecular complexity index is 929. The number of nitrogens with zero attached hydrogens (tertiary/aromatic N) is 4. The summed E-state index contributed by atoms with van der Waals surface area (Å²) < 4.78 is 20.0. The maximum Gasteiger partial charge on any atom is 0.138 e. The lowest BCUT2D eigenvalue weighted by Crippen LogP contribution is -2.47. The Morgan fingerprint density at radius 2 is 1.79 bits per heavy atom. The van der Waals surface area contributed by atoms with E-state index in [2.05, 4.69) is 25.8 Å². The van der Waals surface area contributed by atoms with Crippen molar-refractivity contribution in [1.29, 1.82) is 0 Å². The van der Waals surface area contributed by atoms with E-state index in [0.29, 0.717) is 17.9 Å². The summed E-state index contributed by atoms with van der Waals surface area (Å²) in [6.45, 7) is 3.63. The molecule has 0 N–H and O–H groups in total. The van der Waals surface area contributed by atoms with E-state index in [1.165, 1.54) is 0 Å². The number of pyridine rings is 2. The highest BCUT2D eigenvalue weighted by molar-refractivity contribution is 5.75. The van der Waals surface area contributed by atoms with Crippen molar-refractivity contribution in [2.45, 2.75) is 6.17 Å². The lowest BCUT2D eigenvalue weighted by Gasteiger charge is -2.36. The fourth-order valence-electron chi connectivity index (χ4n) is 3.72. The van der Waals surface area contributed by atoms with Crippen LogP contribution in [0.1, 0.15) is 11.7 Å². The van der Waals surface area contributed by atoms with Crippen LogP contribution in [0, 0.1) is 0 Å². The SMILES string of the molecule is COc1cccc(C(F)CN2CCN(c3ncccc3-c3ccncc3)CC2)c1. The standard InChI is InChI=1S/C23H25FN4O/c1-29-20-5-2-4-19(16-20)22(24)17-27-12-14-28(15-13-27)23-21(6-3-9-26-23)18-7-10-25-11-8-18/h2-11,16,22H,12-15,17H2,1H3. The van der Waals surface area contributed by atoms with E-state index >= 15 is 0 Å². The van der Waals surface area contributed by atoms with Gasteiger partial charge in [-0.15, -0.1) is 0 Å². The highest BCUT2D eigenvalue weighted by Gasteiger charge is 2.23. The maximum atomic E-state index is 14.8. The number of benzene rings is 1. The van der Waals surface area contributed by atoms with E-state index in [9.17, 15) is 4.39 Å². The van der Waals surface area contributed by atoms with E-state index < -0.39 is 6.17 Å². The number of aromatic nitrogens is 2. The molecule has 0 saturated carbocycles. The minimum absolute atomic E-state index is 0.389. The number of hydrogen-bond acceptors (Lipinski definition) is 5. The molecule has 1 unspecified atom stereocenters. The first kappa shape index (κ1) is 19.3. The van der Waals surface area contributed by atoms with Gasteiger partial charge in [0, 0.05) is 56.9 Å². The van der Waals surface area contributed by atoms with Crippen LogP contribution in [0.2, 0.25) is 0 Å². The van der Waals surface area contributed by atoms with Crippen LogP contribution in [0.5, 0.6) is 5.75 Å². The Morgan fingerprint density at radius 1 is 1.00 bits per heavy atom. The molecule has 0 bridgehead atoms. The lowest BCUT2D eigenvalue weighted by molar-refractivity contribution is 0.184. The van der Waals surface area contributed by atoms with Crippen LogP contribution in [0.3, 0.4) is 0 Å². The molecule has 5 nitrogen and oxygen atoms in total. The van der Waals surface area contributed by atoms with Gasteiger partial charge in [0.05, 0.1) is 7.11 Å². The number of methoxy groups -OCH3 is 1. The third-order valence-corrected chi connectivity index (χ3v) is 5.32. The van der Waals surface area contributed by atoms with Crippen LogP contribution < -0.4 is 9.64 Å². The molecule has 4 rings (SSSR count). The van der Waals surface area contributed by atoms with Gasteiger partial charge in [0.15, 0.2) is 0 Å². The van der Waals surface area contributed by atoms with Gasteiger partial charge >= 0.3 is 0 Å². The number of ether oxygens (including phenoxy) is 1. The van der Waals surface area contributed by atoms with Gasteiger partial charge in [-0.05, 0) is 47.5 Å². The van der Waals surface area contributed by atoms with Crippen LogP contribution in [0.25, 0.3) is 11.1 Å². The number of piperazine rings is 1. The number of rotatable bonds is 6. The van der Waals surface area contributed by atoms with Crippen LogP contribution in [-0.2, 0) is 0 Å². The largest absolute Gasteiger partial charge is 0.497 e. The molecule has 1 aromatic carbocycles. The molecule has 6 heteroatoms. The Kier molecular flexibility index (Phi) is 6.00. The van der Waals surface area contributed by atoms with E-state index in [-0.39, 0.29) is 0 Å². The van der Waals surface area contributed by atoms with Crippen LogP contribution in [0.15, 0.2) is 67.1 Å². The Balaban J connectivity index is 1.40. The second-order valence-corrected chi connectivity index (χ2v) is 7.14. The van der Waals surface area contributed by atoms with Crippen LogP contribution in [0.4, 0.5) is 10.2 Å². The zero-order valence-corrected chi connectivity index (χ0v) is 16.5. The normalized spacial score (nSPS) is 15.9. The fourth-order valence-corrected chi connectivity index (χ4v) is 3.72. The van der Waals surface area contributed by atoms with Crippen molar-refractivity contribution in [2.24, 2.45) is 0 Å². The minimum Gasteiger partial charge on any atom is -0.497 e. The van der Waals surface area contributed by atoms with Gasteiger partial charge in [-0.25, -0.2) is 9.37 Å². The van der Waals surface area contributed by atoms with Gasteiger partial charge in [0.25, 0.3) is 0 Å². The number of anilines is 1. The van der Waals surface area contributed by atoms with Crippen molar-refractivity contribution in [3.05, 3.63) is 72.7 Å². The van der Waals surface area contributed by atoms with Crippen molar-refractivity contribution in [1.82, 2.24) is 14.9 Å². The highest BCUT2D eigenvalue weighted by Crippen LogP contribution is 2.29. The summed E-state index contributed by atoms with van der Waals surface area (Å²) in [6.07, 6.45) is 4.39. The van der Waals surface area contributed by atoms with E-state index in [0.717, 1.165) is 43.1 Å². The topological polar surface area (TPSA) is 41.5 Å². The third-order valence-electron chi connectivity index (χ3n) is 5.32. The first-order valence-corrected chi connectivity index (χ1v) is 9.85. The summed E-state index contributed by atoms with van der Waals surface area (Å²) in [6, 6.07) is 15.3. The zero-order valence-electron chi connectivity index (χ0n) is 16.5. The van der Waals surface area contributed by atoms with Crippen molar-refractivity contribution in [3.8, 4) is 16.9 Å². The summed E-state index contributed by atoms with van der Waals surface area (Å²) in [4.78, 5) is 13.2. The van der Waals surface area contributed by atoms with Gasteiger partial charge in [-0.2, -0.15) is 0 Å². The van der Waals surface area contributed by atoms with E-state index in [1.807, 2.05) is 42.6 Å². The van der Waals surface area contributed by atoms with Crippen molar-refractivity contribution < 1.29 is 9.13 Å². The lowest BCUT2D eigenvalue weighted by atomic mass is 10.1. The van der Waals surface area contributed by atoms with Crippen molar-refractivity contribution in [3.63, 3.8) is 0 Å². The van der Waals surface area contributed by atoms with Gasteiger partial charge < -0.3 is 9.64 Å². The summed E-state index contributed by atoms with van der Waals surface area (Å²) in [5.41, 5.74) is 2.87. The van der Waals surface area contributed by atoms with E-state index in [4.69, 9.17) is 4.74 Å². The van der Waals surface area contributed by atoms with Crippen LogP contribution in [-0.4, -0.2) is 54.7 Å². The monoisotopic (exact) mass is 392 g/mol. The Labute approximate surface area is 170 Å². The molecule has 1 aliphatic rings. The quantitative estimate of drug-likeness (QED) is 0.635. The summed E-state index contributed by atoms with van der Waals surface area (Å²) >= 11 is 0. The fraction of sp³-hybridized carbons (Fsp3) is 0.304. The molecule has 1 aliphatic heterocycles. The predicted molar refractivity (Wildman–Crippen MR) is 113 cm³/mol. The van der Waals surface area contributed by atoms with Crippen molar-refractivity contribution >= 4 is 5.82 Å². The predicted octanol–water partition coefficient (Wildman–Crippen LogP) is 3.99. The molecule has 1 atom stereocenters. The molecular formula is C23H25FN4O. The van der Waals surface area contributed by atoms with Gasteiger partial charge in [-0.3, -0.25) is 9.88 Å². The second-order valence-electron chi connectivity index (χ2n) is 7.14. The number of alkyl halides is 1. The molecule has 3 aromatic rings. The second kappa shape index (κ2) is 9.01. The molecule has 29 heavy (non-hydrogen) atoms. The molecule has 1 fully saturated rings. The molecule has 150 valence electrons. The summed E-state index contributed by atoms with van der Waals surface area (Å²) in [7, 11) is 1.60. The first-order chi connectivity index (χ1) is 14.2. The highest BCUT2D eigenvalue weighted by atomic mass is 19.1. The molecule has 2 aromatic heterocycles. The summed E-state index contributed by atoms with van der Waals surface area (Å²) in [5, 5.41) is 0. The van der Waals surface area contributed by atoms with Gasteiger partial charge in [0.2, 0.25) is 0 Å². The van der Waals surface area contributed by atoms with Gasteiger partial charge in [-0.1, -0.05) is 12.1 Å². The molecule has 1 saturated heterocycles. The molecule has 0 radical (unpaired) electrons. The minimum atomic E-state index is -1.03.